The van der Waals surface area contributed by atoms with Crippen molar-refractivity contribution in [3.63, 3.8) is 0 Å². The molecule has 8 nitrogen and oxygen atoms in total. The number of nitrogens with zero attached hydrogens (tertiary/aromatic N) is 2. The van der Waals surface area contributed by atoms with Crippen molar-refractivity contribution in [1.82, 2.24) is 15.1 Å². The van der Waals surface area contributed by atoms with Crippen LogP contribution in [0.3, 0.4) is 0 Å². The Morgan fingerprint density at radius 3 is 2.67 bits per heavy atom. The monoisotopic (exact) mass is 299 g/mol. The number of morpholine rings is 1. The van der Waals surface area contributed by atoms with Crippen LogP contribution in [0.1, 0.15) is 19.8 Å². The SMILES string of the molecule is CCNC(=O)C1COCCN1C(=O)N(CC(=O)O)C1CC1. The summed E-state index contributed by atoms with van der Waals surface area (Å²) in [5, 5.41) is 11.6. The maximum Gasteiger partial charge on any atom is 0.323 e. The number of hydrogen-bond acceptors (Lipinski definition) is 4. The minimum Gasteiger partial charge on any atom is -0.480 e. The van der Waals surface area contributed by atoms with Crippen LogP contribution in [-0.2, 0) is 14.3 Å². The fraction of sp³-hybridized carbons (Fsp3) is 0.769. The summed E-state index contributed by atoms with van der Waals surface area (Å²) < 4.78 is 5.28. The second-order valence-electron chi connectivity index (χ2n) is 5.21. The summed E-state index contributed by atoms with van der Waals surface area (Å²) in [5.74, 6) is -1.31. The van der Waals surface area contributed by atoms with Gasteiger partial charge < -0.3 is 25.0 Å². The van der Waals surface area contributed by atoms with Gasteiger partial charge in [0.2, 0.25) is 5.91 Å². The Morgan fingerprint density at radius 1 is 1.38 bits per heavy atom. The van der Waals surface area contributed by atoms with Crippen molar-refractivity contribution in [2.75, 3.05) is 32.8 Å². The first kappa shape index (κ1) is 15.6. The molecule has 1 saturated heterocycles. The van der Waals surface area contributed by atoms with Crippen LogP contribution in [0, 0.1) is 0 Å². The highest BCUT2D eigenvalue weighted by Crippen LogP contribution is 2.28. The number of carbonyl (C=O) groups excluding carboxylic acids is 2. The summed E-state index contributed by atoms with van der Waals surface area (Å²) in [7, 11) is 0. The van der Waals surface area contributed by atoms with E-state index in [9.17, 15) is 14.4 Å². The summed E-state index contributed by atoms with van der Waals surface area (Å²) in [4.78, 5) is 38.3. The largest absolute Gasteiger partial charge is 0.480 e. The Hall–Kier alpha value is -1.83. The topological polar surface area (TPSA) is 99.2 Å². The summed E-state index contributed by atoms with van der Waals surface area (Å²) in [6.07, 6.45) is 1.63. The lowest BCUT2D eigenvalue weighted by molar-refractivity contribution is -0.138. The Kier molecular flexibility index (Phi) is 5.00. The zero-order valence-corrected chi connectivity index (χ0v) is 12.1. The van der Waals surface area contributed by atoms with E-state index in [0.717, 1.165) is 12.8 Å². The average molecular weight is 299 g/mol. The Balaban J connectivity index is 2.09. The van der Waals surface area contributed by atoms with E-state index in [4.69, 9.17) is 9.84 Å². The molecule has 2 N–H and O–H groups in total. The molecule has 0 aromatic heterocycles. The lowest BCUT2D eigenvalue weighted by Crippen LogP contribution is -2.59. The molecule has 0 spiro atoms. The second-order valence-corrected chi connectivity index (χ2v) is 5.21. The van der Waals surface area contributed by atoms with Gasteiger partial charge in [-0.1, -0.05) is 0 Å². The number of hydrogen-bond donors (Lipinski definition) is 2. The van der Waals surface area contributed by atoms with Gasteiger partial charge in [-0.15, -0.1) is 0 Å². The first-order valence-corrected chi connectivity index (χ1v) is 7.19. The van der Waals surface area contributed by atoms with Crippen LogP contribution < -0.4 is 5.32 Å². The van der Waals surface area contributed by atoms with E-state index in [2.05, 4.69) is 5.32 Å². The summed E-state index contributed by atoms with van der Waals surface area (Å²) in [5.41, 5.74) is 0. The molecule has 1 aliphatic heterocycles. The number of urea groups is 1. The Bertz CT molecular complexity index is 424. The van der Waals surface area contributed by atoms with Gasteiger partial charge in [-0.2, -0.15) is 0 Å². The van der Waals surface area contributed by atoms with Crippen molar-refractivity contribution >= 4 is 17.9 Å². The smallest absolute Gasteiger partial charge is 0.323 e. The predicted molar refractivity (Wildman–Crippen MR) is 72.8 cm³/mol. The van der Waals surface area contributed by atoms with E-state index in [1.54, 1.807) is 6.92 Å². The number of amides is 3. The molecular weight excluding hydrogens is 278 g/mol. The molecule has 1 atom stereocenters. The molecule has 21 heavy (non-hydrogen) atoms. The van der Waals surface area contributed by atoms with Crippen LogP contribution >= 0.6 is 0 Å². The molecule has 118 valence electrons. The molecule has 1 unspecified atom stereocenters. The van der Waals surface area contributed by atoms with Gasteiger partial charge in [0.15, 0.2) is 0 Å². The minimum absolute atomic E-state index is 0.0219. The number of aliphatic carboxylic acids is 1. The highest BCUT2D eigenvalue weighted by molar-refractivity contribution is 5.88. The van der Waals surface area contributed by atoms with Crippen molar-refractivity contribution < 1.29 is 24.2 Å². The van der Waals surface area contributed by atoms with Gasteiger partial charge in [-0.3, -0.25) is 9.59 Å². The molecule has 0 aromatic rings. The van der Waals surface area contributed by atoms with Crippen LogP contribution in [0.5, 0.6) is 0 Å². The lowest BCUT2D eigenvalue weighted by atomic mass is 10.2. The van der Waals surface area contributed by atoms with Crippen LogP contribution in [0.4, 0.5) is 4.79 Å². The number of rotatable bonds is 5. The quantitative estimate of drug-likeness (QED) is 0.712. The molecule has 1 heterocycles. The summed E-state index contributed by atoms with van der Waals surface area (Å²) in [6, 6.07) is -1.10. The molecule has 1 aliphatic carbocycles. The van der Waals surface area contributed by atoms with Crippen LogP contribution in [0.25, 0.3) is 0 Å². The highest BCUT2D eigenvalue weighted by Gasteiger charge is 2.40. The standard InChI is InChI=1S/C13H21N3O5/c1-2-14-12(19)10-8-21-6-5-15(10)13(20)16(7-11(17)18)9-3-4-9/h9-10H,2-8H2,1H3,(H,14,19)(H,17,18). The lowest BCUT2D eigenvalue weighted by Gasteiger charge is -2.37. The van der Waals surface area contributed by atoms with E-state index < -0.39 is 12.0 Å². The Labute approximate surface area is 123 Å². The van der Waals surface area contributed by atoms with Crippen molar-refractivity contribution in [2.24, 2.45) is 0 Å². The fourth-order valence-electron chi connectivity index (χ4n) is 2.39. The van der Waals surface area contributed by atoms with E-state index in [1.807, 2.05) is 0 Å². The van der Waals surface area contributed by atoms with Gasteiger partial charge in [0.05, 0.1) is 13.2 Å². The first-order chi connectivity index (χ1) is 10.0. The van der Waals surface area contributed by atoms with Gasteiger partial charge in [0, 0.05) is 19.1 Å². The molecule has 0 bridgehead atoms. The van der Waals surface area contributed by atoms with Crippen LogP contribution in [0.15, 0.2) is 0 Å². The number of carboxylic acid groups (broad SMARTS) is 1. The highest BCUT2D eigenvalue weighted by atomic mass is 16.5. The number of carboxylic acids is 1. The third kappa shape index (κ3) is 3.84. The molecule has 2 rings (SSSR count). The molecule has 0 aromatic carbocycles. The maximum absolute atomic E-state index is 12.6. The second kappa shape index (κ2) is 6.75. The van der Waals surface area contributed by atoms with Gasteiger partial charge in [-0.25, -0.2) is 4.79 Å². The Morgan fingerprint density at radius 2 is 2.10 bits per heavy atom. The van der Waals surface area contributed by atoms with Crippen molar-refractivity contribution in [3.8, 4) is 0 Å². The van der Waals surface area contributed by atoms with Crippen molar-refractivity contribution in [3.05, 3.63) is 0 Å². The number of likely N-dealkylation sites (N-methyl/N-ethyl adjacent to an activating group) is 1. The van der Waals surface area contributed by atoms with Crippen molar-refractivity contribution in [2.45, 2.75) is 31.8 Å². The molecule has 8 heteroatoms. The van der Waals surface area contributed by atoms with Gasteiger partial charge in [-0.05, 0) is 19.8 Å². The van der Waals surface area contributed by atoms with E-state index in [0.29, 0.717) is 19.7 Å². The minimum atomic E-state index is -1.04. The molecule has 2 fully saturated rings. The normalized spacial score (nSPS) is 21.8. The number of nitrogens with one attached hydrogen (secondary N) is 1. The summed E-state index contributed by atoms with van der Waals surface area (Å²) >= 11 is 0. The molecule has 1 saturated carbocycles. The molecule has 3 amide bonds. The third-order valence-corrected chi connectivity index (χ3v) is 3.57. The van der Waals surface area contributed by atoms with Crippen LogP contribution in [0.2, 0.25) is 0 Å². The third-order valence-electron chi connectivity index (χ3n) is 3.57. The summed E-state index contributed by atoms with van der Waals surface area (Å²) in [6.45, 7) is 2.73. The average Bonchev–Trinajstić information content (AvgIpc) is 3.28. The van der Waals surface area contributed by atoms with Gasteiger partial charge >= 0.3 is 12.0 Å². The number of carbonyl (C=O) groups is 3. The number of ether oxygens (including phenoxy) is 1. The maximum atomic E-state index is 12.6. The van der Waals surface area contributed by atoms with Crippen LogP contribution in [-0.4, -0.2) is 77.7 Å². The van der Waals surface area contributed by atoms with E-state index in [-0.39, 0.29) is 31.1 Å². The zero-order chi connectivity index (χ0) is 15.4. The van der Waals surface area contributed by atoms with E-state index >= 15 is 0 Å². The molecule has 2 aliphatic rings. The van der Waals surface area contributed by atoms with Gasteiger partial charge in [0.25, 0.3) is 0 Å². The van der Waals surface area contributed by atoms with Gasteiger partial charge in [0.1, 0.15) is 12.6 Å². The van der Waals surface area contributed by atoms with Crippen molar-refractivity contribution in [1.29, 1.82) is 0 Å². The fourth-order valence-corrected chi connectivity index (χ4v) is 2.39. The van der Waals surface area contributed by atoms with E-state index in [1.165, 1.54) is 9.80 Å². The molecule has 0 radical (unpaired) electrons. The zero-order valence-electron chi connectivity index (χ0n) is 12.1. The molecular formula is C13H21N3O5. The predicted octanol–water partition coefficient (Wildman–Crippen LogP) is -0.508. The first-order valence-electron chi connectivity index (χ1n) is 7.19.